The van der Waals surface area contributed by atoms with E-state index in [1.165, 1.54) is 0 Å². The highest BCUT2D eigenvalue weighted by atomic mass is 19.4. The smallest absolute Gasteiger partial charge is 0.391 e. The van der Waals surface area contributed by atoms with Gasteiger partial charge in [-0.05, 0) is 29.3 Å². The molecule has 0 aliphatic heterocycles. The summed E-state index contributed by atoms with van der Waals surface area (Å²) in [6, 6.07) is 9.48. The van der Waals surface area contributed by atoms with E-state index in [0.29, 0.717) is 6.07 Å². The topological polar surface area (TPSA) is 46.2 Å². The Morgan fingerprint density at radius 1 is 1.05 bits per heavy atom. The first kappa shape index (κ1) is 16.5. The van der Waals surface area contributed by atoms with Gasteiger partial charge in [0.15, 0.2) is 0 Å². The van der Waals surface area contributed by atoms with Gasteiger partial charge in [0.25, 0.3) is 0 Å². The van der Waals surface area contributed by atoms with Crippen LogP contribution in [0, 0.1) is 5.82 Å². The quantitative estimate of drug-likeness (QED) is 0.849. The van der Waals surface area contributed by atoms with E-state index in [2.05, 4.69) is 0 Å². The Morgan fingerprint density at radius 3 is 2.27 bits per heavy atom. The van der Waals surface area contributed by atoms with Crippen LogP contribution in [0.1, 0.15) is 22.7 Å². The Kier molecular flexibility index (Phi) is 4.83. The highest BCUT2D eigenvalue weighted by Gasteiger charge is 2.36. The molecule has 3 N–H and O–H groups in total. The monoisotopic (exact) mass is 313 g/mol. The Hall–Kier alpha value is -1.92. The molecule has 2 atom stereocenters. The highest BCUT2D eigenvalue weighted by molar-refractivity contribution is 5.34. The molecule has 0 unspecified atom stereocenters. The second-order valence-electron chi connectivity index (χ2n) is 5.01. The van der Waals surface area contributed by atoms with Gasteiger partial charge in [0.1, 0.15) is 5.82 Å². The second-order valence-corrected chi connectivity index (χ2v) is 5.01. The minimum atomic E-state index is -4.66. The molecule has 2 nitrogen and oxygen atoms in total. The average Bonchev–Trinajstić information content (AvgIpc) is 2.46. The highest BCUT2D eigenvalue weighted by Crippen LogP contribution is 2.35. The molecule has 0 aliphatic rings. The summed E-state index contributed by atoms with van der Waals surface area (Å²) < 4.78 is 52.2. The SMILES string of the molecule is N[C@H](c1cc(F)ccc1C(F)(F)F)[C@@H](O)Cc1ccccc1. The van der Waals surface area contributed by atoms with Crippen LogP contribution < -0.4 is 5.73 Å². The molecule has 6 heteroatoms. The zero-order chi connectivity index (χ0) is 16.3. The van der Waals surface area contributed by atoms with Crippen molar-refractivity contribution in [1.82, 2.24) is 0 Å². The molecule has 0 aliphatic carbocycles. The normalized spacial score (nSPS) is 14.6. The summed E-state index contributed by atoms with van der Waals surface area (Å²) in [6.07, 6.45) is -5.84. The molecule has 2 aromatic carbocycles. The van der Waals surface area contributed by atoms with E-state index in [-0.39, 0.29) is 6.42 Å². The molecule has 0 spiro atoms. The summed E-state index contributed by atoms with van der Waals surface area (Å²) in [6.45, 7) is 0. The molecule has 0 heterocycles. The van der Waals surface area contributed by atoms with Crippen molar-refractivity contribution < 1.29 is 22.7 Å². The van der Waals surface area contributed by atoms with Gasteiger partial charge in [-0.25, -0.2) is 4.39 Å². The molecule has 0 aromatic heterocycles. The molecule has 0 amide bonds. The lowest BCUT2D eigenvalue weighted by Gasteiger charge is -2.23. The standard InChI is InChI=1S/C16H15F4NO/c17-11-6-7-13(16(18,19)20)12(9-11)15(21)14(22)8-10-4-2-1-3-5-10/h1-7,9,14-15,22H,8,21H2/t14-,15+/m0/s1. The predicted molar refractivity (Wildman–Crippen MR) is 74.5 cm³/mol. The number of alkyl halides is 3. The fourth-order valence-electron chi connectivity index (χ4n) is 2.26. The number of aliphatic hydroxyl groups is 1. The van der Waals surface area contributed by atoms with Gasteiger partial charge >= 0.3 is 6.18 Å². The first-order valence-electron chi connectivity index (χ1n) is 6.63. The third-order valence-electron chi connectivity index (χ3n) is 3.38. The summed E-state index contributed by atoms with van der Waals surface area (Å²) >= 11 is 0. The second kappa shape index (κ2) is 6.46. The number of aliphatic hydroxyl groups excluding tert-OH is 1. The van der Waals surface area contributed by atoms with Crippen LogP contribution in [-0.4, -0.2) is 11.2 Å². The van der Waals surface area contributed by atoms with E-state index in [1.54, 1.807) is 30.3 Å². The van der Waals surface area contributed by atoms with Crippen molar-refractivity contribution in [1.29, 1.82) is 0 Å². The fourth-order valence-corrected chi connectivity index (χ4v) is 2.26. The summed E-state index contributed by atoms with van der Waals surface area (Å²) in [4.78, 5) is 0. The number of halogens is 4. The van der Waals surface area contributed by atoms with Gasteiger partial charge in [-0.1, -0.05) is 30.3 Å². The van der Waals surface area contributed by atoms with Gasteiger partial charge in [-0.3, -0.25) is 0 Å². The van der Waals surface area contributed by atoms with Crippen molar-refractivity contribution >= 4 is 0 Å². The largest absolute Gasteiger partial charge is 0.416 e. The number of nitrogens with two attached hydrogens (primary N) is 1. The zero-order valence-electron chi connectivity index (χ0n) is 11.5. The maximum atomic E-state index is 13.3. The van der Waals surface area contributed by atoms with Crippen LogP contribution in [0.3, 0.4) is 0 Å². The first-order valence-corrected chi connectivity index (χ1v) is 6.63. The minimum absolute atomic E-state index is 0.0792. The molecule has 118 valence electrons. The van der Waals surface area contributed by atoms with Gasteiger partial charge in [-0.15, -0.1) is 0 Å². The van der Waals surface area contributed by atoms with Gasteiger partial charge in [0.2, 0.25) is 0 Å². The Morgan fingerprint density at radius 2 is 1.68 bits per heavy atom. The van der Waals surface area contributed by atoms with Gasteiger partial charge in [0, 0.05) is 6.42 Å². The van der Waals surface area contributed by atoms with Crippen LogP contribution in [0.2, 0.25) is 0 Å². The maximum absolute atomic E-state index is 13.3. The van der Waals surface area contributed by atoms with Gasteiger partial charge in [0.05, 0.1) is 17.7 Å². The van der Waals surface area contributed by atoms with Crippen molar-refractivity contribution in [3.63, 3.8) is 0 Å². The number of benzene rings is 2. The Labute approximate surface area is 125 Å². The van der Waals surface area contributed by atoms with E-state index in [0.717, 1.165) is 17.7 Å². The molecular formula is C16H15F4NO. The molecule has 2 aromatic rings. The van der Waals surface area contributed by atoms with Crippen molar-refractivity contribution in [2.24, 2.45) is 5.73 Å². The van der Waals surface area contributed by atoms with E-state index in [4.69, 9.17) is 5.73 Å². The Balaban J connectivity index is 2.28. The van der Waals surface area contributed by atoms with Crippen LogP contribution in [0.5, 0.6) is 0 Å². The average molecular weight is 313 g/mol. The summed E-state index contributed by atoms with van der Waals surface area (Å²) in [7, 11) is 0. The van der Waals surface area contributed by atoms with Crippen molar-refractivity contribution in [2.75, 3.05) is 0 Å². The zero-order valence-corrected chi connectivity index (χ0v) is 11.5. The molecule has 2 rings (SSSR count). The summed E-state index contributed by atoms with van der Waals surface area (Å²) in [5, 5.41) is 10.1. The molecule has 0 radical (unpaired) electrons. The molecule has 0 saturated carbocycles. The number of hydrogen-bond acceptors (Lipinski definition) is 2. The molecular weight excluding hydrogens is 298 g/mol. The van der Waals surface area contributed by atoms with Crippen molar-refractivity contribution in [2.45, 2.75) is 24.7 Å². The minimum Gasteiger partial charge on any atom is -0.391 e. The van der Waals surface area contributed by atoms with Crippen LogP contribution in [0.15, 0.2) is 48.5 Å². The molecule has 0 fully saturated rings. The lowest BCUT2D eigenvalue weighted by molar-refractivity contribution is -0.138. The van der Waals surface area contributed by atoms with Gasteiger partial charge in [-0.2, -0.15) is 13.2 Å². The van der Waals surface area contributed by atoms with Gasteiger partial charge < -0.3 is 10.8 Å². The van der Waals surface area contributed by atoms with E-state index < -0.39 is 35.3 Å². The van der Waals surface area contributed by atoms with E-state index >= 15 is 0 Å². The van der Waals surface area contributed by atoms with Crippen LogP contribution in [0.25, 0.3) is 0 Å². The number of hydrogen-bond donors (Lipinski definition) is 2. The fraction of sp³-hybridized carbons (Fsp3) is 0.250. The molecule has 0 saturated heterocycles. The lowest BCUT2D eigenvalue weighted by Crippen LogP contribution is -2.30. The third kappa shape index (κ3) is 3.84. The van der Waals surface area contributed by atoms with Crippen molar-refractivity contribution in [3.05, 3.63) is 71.0 Å². The third-order valence-corrected chi connectivity index (χ3v) is 3.38. The number of rotatable bonds is 4. The first-order chi connectivity index (χ1) is 10.3. The molecule has 0 bridgehead atoms. The lowest BCUT2D eigenvalue weighted by atomic mass is 9.93. The van der Waals surface area contributed by atoms with E-state index in [1.807, 2.05) is 0 Å². The summed E-state index contributed by atoms with van der Waals surface area (Å²) in [5.41, 5.74) is 4.99. The van der Waals surface area contributed by atoms with Crippen LogP contribution in [-0.2, 0) is 12.6 Å². The molecule has 22 heavy (non-hydrogen) atoms. The van der Waals surface area contributed by atoms with Crippen LogP contribution >= 0.6 is 0 Å². The van der Waals surface area contributed by atoms with E-state index in [9.17, 15) is 22.7 Å². The maximum Gasteiger partial charge on any atom is 0.416 e. The Bertz CT molecular complexity index is 628. The van der Waals surface area contributed by atoms with Crippen molar-refractivity contribution in [3.8, 4) is 0 Å². The van der Waals surface area contributed by atoms with Crippen LogP contribution in [0.4, 0.5) is 17.6 Å². The predicted octanol–water partition coefficient (Wildman–Crippen LogP) is 3.45. The summed E-state index contributed by atoms with van der Waals surface area (Å²) in [5.74, 6) is -0.828.